The van der Waals surface area contributed by atoms with Gasteiger partial charge in [0.25, 0.3) is 0 Å². The summed E-state index contributed by atoms with van der Waals surface area (Å²) in [7, 11) is 1.68. The monoisotopic (exact) mass is 377 g/mol. The fourth-order valence-electron chi connectivity index (χ4n) is 3.24. The molecule has 138 valence electrons. The van der Waals surface area contributed by atoms with Gasteiger partial charge < -0.3 is 14.4 Å². The number of ether oxygens (including phenoxy) is 2. The Morgan fingerprint density at radius 1 is 0.778 bits per heavy atom. The Morgan fingerprint density at radius 2 is 1.37 bits per heavy atom. The van der Waals surface area contributed by atoms with E-state index in [4.69, 9.17) is 9.47 Å². The lowest BCUT2D eigenvalue weighted by Crippen LogP contribution is -2.15. The minimum Gasteiger partial charge on any atom is -0.491 e. The van der Waals surface area contributed by atoms with Crippen LogP contribution in [0.5, 0.6) is 5.75 Å². The summed E-state index contributed by atoms with van der Waals surface area (Å²) >= 11 is 1.85. The molecule has 0 aliphatic carbocycles. The second kappa shape index (κ2) is 7.67. The van der Waals surface area contributed by atoms with E-state index in [0.717, 1.165) is 11.4 Å². The van der Waals surface area contributed by atoms with E-state index < -0.39 is 0 Å². The third kappa shape index (κ3) is 3.68. The Kier molecular flexibility index (Phi) is 5.10. The lowest BCUT2D eigenvalue weighted by molar-refractivity contribution is 0.146. The highest BCUT2D eigenvalue weighted by atomic mass is 32.2. The first-order valence-corrected chi connectivity index (χ1v) is 9.88. The predicted octanol–water partition coefficient (Wildman–Crippen LogP) is 6.26. The van der Waals surface area contributed by atoms with E-state index in [9.17, 15) is 0 Å². The van der Waals surface area contributed by atoms with Gasteiger partial charge in [0, 0.05) is 22.6 Å². The summed E-state index contributed by atoms with van der Waals surface area (Å²) in [5.74, 6) is 0.857. The first-order valence-electron chi connectivity index (χ1n) is 9.07. The molecule has 3 nitrogen and oxygen atoms in total. The van der Waals surface area contributed by atoms with Crippen LogP contribution in [0.2, 0.25) is 0 Å². The van der Waals surface area contributed by atoms with E-state index in [1.54, 1.807) is 7.11 Å². The number of aryl methyl sites for hydroxylation is 2. The number of nitrogens with zero attached hydrogens (tertiary/aromatic N) is 1. The molecular weight excluding hydrogens is 354 g/mol. The van der Waals surface area contributed by atoms with Gasteiger partial charge in [0.05, 0.1) is 18.0 Å². The fraction of sp³-hybridized carbons (Fsp3) is 0.217. The van der Waals surface area contributed by atoms with Gasteiger partial charge in [-0.3, -0.25) is 0 Å². The van der Waals surface area contributed by atoms with Crippen molar-refractivity contribution < 1.29 is 9.47 Å². The second-order valence-corrected chi connectivity index (χ2v) is 7.80. The van der Waals surface area contributed by atoms with Crippen LogP contribution in [-0.2, 0) is 4.74 Å². The van der Waals surface area contributed by atoms with Crippen LogP contribution in [0.3, 0.4) is 0 Å². The van der Waals surface area contributed by atoms with E-state index in [0.29, 0.717) is 13.2 Å². The minimum absolute atomic E-state index is 0.556. The molecule has 0 radical (unpaired) electrons. The third-order valence-electron chi connectivity index (χ3n) is 4.58. The first kappa shape index (κ1) is 18.0. The number of hydrogen-bond donors (Lipinski definition) is 0. The molecular formula is C23H23NO2S. The standard InChI is InChI=1S/C23H23NO2S/c1-16-4-10-20-22(14-16)27-23-15-17(2)5-11-21(23)24(20)18-6-8-19(9-7-18)26-13-12-25-3/h4-11,14-15H,12-13H2,1-3H3. The maximum absolute atomic E-state index is 5.71. The Labute approximate surface area is 164 Å². The highest BCUT2D eigenvalue weighted by Gasteiger charge is 2.24. The van der Waals surface area contributed by atoms with Crippen LogP contribution in [0.1, 0.15) is 11.1 Å². The quantitative estimate of drug-likeness (QED) is 0.382. The zero-order valence-electron chi connectivity index (χ0n) is 15.9. The number of fused-ring (bicyclic) bond motifs is 2. The summed E-state index contributed by atoms with van der Waals surface area (Å²) in [6.45, 7) is 5.43. The van der Waals surface area contributed by atoms with Gasteiger partial charge in [0.15, 0.2) is 0 Å². The maximum Gasteiger partial charge on any atom is 0.119 e. The van der Waals surface area contributed by atoms with E-state index in [-0.39, 0.29) is 0 Å². The Hall–Kier alpha value is -2.43. The molecule has 1 aliphatic rings. The topological polar surface area (TPSA) is 21.7 Å². The molecule has 0 aromatic heterocycles. The van der Waals surface area contributed by atoms with Gasteiger partial charge in [-0.1, -0.05) is 23.9 Å². The Bertz CT molecular complexity index is 902. The van der Waals surface area contributed by atoms with Crippen molar-refractivity contribution in [1.29, 1.82) is 0 Å². The molecule has 0 saturated carbocycles. The molecule has 0 N–H and O–H groups in total. The molecule has 0 fully saturated rings. The molecule has 0 unspecified atom stereocenters. The van der Waals surface area contributed by atoms with E-state index in [1.807, 2.05) is 23.9 Å². The van der Waals surface area contributed by atoms with Crippen LogP contribution in [0.4, 0.5) is 17.1 Å². The zero-order valence-corrected chi connectivity index (χ0v) is 16.7. The predicted molar refractivity (Wildman–Crippen MR) is 112 cm³/mol. The van der Waals surface area contributed by atoms with Crippen LogP contribution in [-0.4, -0.2) is 20.3 Å². The lowest BCUT2D eigenvalue weighted by Gasteiger charge is -2.33. The smallest absolute Gasteiger partial charge is 0.119 e. The van der Waals surface area contributed by atoms with Crippen molar-refractivity contribution >= 4 is 28.8 Å². The van der Waals surface area contributed by atoms with Crippen molar-refractivity contribution in [3.63, 3.8) is 0 Å². The SMILES string of the molecule is COCCOc1ccc(N2c3ccc(C)cc3Sc3cc(C)ccc32)cc1. The summed E-state index contributed by atoms with van der Waals surface area (Å²) in [5, 5.41) is 0. The van der Waals surface area contributed by atoms with Gasteiger partial charge >= 0.3 is 0 Å². The van der Waals surface area contributed by atoms with Crippen LogP contribution < -0.4 is 9.64 Å². The molecule has 4 rings (SSSR count). The summed E-state index contributed by atoms with van der Waals surface area (Å²) in [6, 6.07) is 21.6. The zero-order chi connectivity index (χ0) is 18.8. The van der Waals surface area contributed by atoms with Crippen molar-refractivity contribution in [2.45, 2.75) is 23.6 Å². The lowest BCUT2D eigenvalue weighted by atomic mass is 10.1. The fourth-order valence-corrected chi connectivity index (χ4v) is 4.49. The number of methoxy groups -OCH3 is 1. The van der Waals surface area contributed by atoms with Crippen LogP contribution in [0.15, 0.2) is 70.5 Å². The van der Waals surface area contributed by atoms with E-state index >= 15 is 0 Å². The number of anilines is 3. The summed E-state index contributed by atoms with van der Waals surface area (Å²) in [6.07, 6.45) is 0. The molecule has 0 atom stereocenters. The average molecular weight is 378 g/mol. The molecule has 3 aromatic carbocycles. The minimum atomic E-state index is 0.556. The van der Waals surface area contributed by atoms with Crippen LogP contribution in [0, 0.1) is 13.8 Å². The summed E-state index contributed by atoms with van der Waals surface area (Å²) < 4.78 is 10.8. The van der Waals surface area contributed by atoms with Crippen molar-refractivity contribution in [3.05, 3.63) is 71.8 Å². The van der Waals surface area contributed by atoms with E-state index in [2.05, 4.69) is 67.3 Å². The Morgan fingerprint density at radius 3 is 1.93 bits per heavy atom. The molecule has 3 aromatic rings. The summed E-state index contributed by atoms with van der Waals surface area (Å²) in [4.78, 5) is 4.90. The van der Waals surface area contributed by atoms with Crippen molar-refractivity contribution in [1.82, 2.24) is 0 Å². The largest absolute Gasteiger partial charge is 0.491 e. The maximum atomic E-state index is 5.71. The normalized spacial score (nSPS) is 12.5. The van der Waals surface area contributed by atoms with Crippen molar-refractivity contribution in [3.8, 4) is 5.75 Å². The molecule has 1 heterocycles. The number of rotatable bonds is 5. The molecule has 0 bridgehead atoms. The van der Waals surface area contributed by atoms with Crippen LogP contribution in [0.25, 0.3) is 0 Å². The van der Waals surface area contributed by atoms with Gasteiger partial charge in [-0.15, -0.1) is 0 Å². The molecule has 4 heteroatoms. The second-order valence-electron chi connectivity index (χ2n) is 6.71. The van der Waals surface area contributed by atoms with Gasteiger partial charge in [-0.25, -0.2) is 0 Å². The Balaban J connectivity index is 1.73. The molecule has 0 spiro atoms. The third-order valence-corrected chi connectivity index (χ3v) is 5.68. The van der Waals surface area contributed by atoms with Crippen molar-refractivity contribution in [2.75, 3.05) is 25.2 Å². The number of hydrogen-bond acceptors (Lipinski definition) is 4. The highest BCUT2D eigenvalue weighted by Crippen LogP contribution is 2.51. The van der Waals surface area contributed by atoms with Gasteiger partial charge in [-0.05, 0) is 73.5 Å². The molecule has 0 saturated heterocycles. The van der Waals surface area contributed by atoms with Gasteiger partial charge in [-0.2, -0.15) is 0 Å². The molecule has 0 amide bonds. The van der Waals surface area contributed by atoms with Gasteiger partial charge in [0.1, 0.15) is 12.4 Å². The molecule has 1 aliphatic heterocycles. The summed E-state index contributed by atoms with van der Waals surface area (Å²) in [5.41, 5.74) is 6.12. The van der Waals surface area contributed by atoms with Crippen molar-refractivity contribution in [2.24, 2.45) is 0 Å². The molecule has 27 heavy (non-hydrogen) atoms. The highest BCUT2D eigenvalue weighted by molar-refractivity contribution is 7.99. The number of benzene rings is 3. The van der Waals surface area contributed by atoms with Gasteiger partial charge in [0.2, 0.25) is 0 Å². The first-order chi connectivity index (χ1) is 13.2. The van der Waals surface area contributed by atoms with E-state index in [1.165, 1.54) is 32.3 Å². The van der Waals surface area contributed by atoms with Crippen LogP contribution >= 0.6 is 11.8 Å². The average Bonchev–Trinajstić information content (AvgIpc) is 2.67.